The van der Waals surface area contributed by atoms with Gasteiger partial charge in [0, 0.05) is 11.3 Å². The normalized spacial score (nSPS) is 14.7. The van der Waals surface area contributed by atoms with Gasteiger partial charge in [-0.3, -0.25) is 4.79 Å². The van der Waals surface area contributed by atoms with Gasteiger partial charge < -0.3 is 14.4 Å². The number of hydrogen-bond donors (Lipinski definition) is 0. The van der Waals surface area contributed by atoms with E-state index >= 15 is 0 Å². The summed E-state index contributed by atoms with van der Waals surface area (Å²) in [6, 6.07) is 23.3. The maximum atomic E-state index is 12.7. The molecule has 0 atom stereocenters. The number of ether oxygens (including phenoxy) is 2. The van der Waals surface area contributed by atoms with Crippen molar-refractivity contribution in [3.05, 3.63) is 107 Å². The molecular weight excluding hydrogens is 418 g/mol. The fourth-order valence-corrected chi connectivity index (χ4v) is 3.55. The Morgan fingerprint density at radius 3 is 2.00 bits per heavy atom. The maximum absolute atomic E-state index is 12.7. The van der Waals surface area contributed by atoms with E-state index in [0.717, 1.165) is 11.3 Å². The van der Waals surface area contributed by atoms with Crippen molar-refractivity contribution < 1.29 is 23.9 Å². The summed E-state index contributed by atoms with van der Waals surface area (Å²) in [5, 5.41) is 0. The van der Waals surface area contributed by atoms with Gasteiger partial charge in [0.15, 0.2) is 5.78 Å². The number of nitrogens with zero attached hydrogens (tertiary/aromatic N) is 1. The molecule has 0 unspecified atom stereocenters. The molecule has 3 aromatic carbocycles. The summed E-state index contributed by atoms with van der Waals surface area (Å²) < 4.78 is 10.8. The van der Waals surface area contributed by atoms with Crippen LogP contribution < -0.4 is 4.90 Å². The molecule has 0 aliphatic carbocycles. The molecule has 0 amide bonds. The standard InChI is InChI=1S/C27H23NO5/c29-25(14-13-20-7-2-1-3-8-20)21-9-6-10-22(19-21)28-15-17-32-26(30)23-11-4-5-12-24(23)27(31)33-18-16-28/h1-14,19H,15-18H2/b14-13+. The fourth-order valence-electron chi connectivity index (χ4n) is 3.55. The first-order chi connectivity index (χ1) is 16.1. The van der Waals surface area contributed by atoms with Crippen molar-refractivity contribution in [1.29, 1.82) is 0 Å². The van der Waals surface area contributed by atoms with E-state index in [1.54, 1.807) is 54.6 Å². The van der Waals surface area contributed by atoms with Crippen molar-refractivity contribution in [2.24, 2.45) is 0 Å². The predicted molar refractivity (Wildman–Crippen MR) is 125 cm³/mol. The van der Waals surface area contributed by atoms with E-state index in [9.17, 15) is 14.4 Å². The van der Waals surface area contributed by atoms with Crippen LogP contribution >= 0.6 is 0 Å². The minimum Gasteiger partial charge on any atom is -0.460 e. The van der Waals surface area contributed by atoms with Crippen molar-refractivity contribution in [1.82, 2.24) is 0 Å². The first-order valence-corrected chi connectivity index (χ1v) is 10.7. The van der Waals surface area contributed by atoms with Crippen LogP contribution in [0.1, 0.15) is 36.6 Å². The zero-order valence-electron chi connectivity index (χ0n) is 18.0. The highest BCUT2D eigenvalue weighted by atomic mass is 16.5. The third-order valence-electron chi connectivity index (χ3n) is 5.28. The SMILES string of the molecule is O=C(/C=C/c1ccccc1)c1cccc(N2CCOC(=O)c3ccccc3C(=O)OCC2)c1. The van der Waals surface area contributed by atoms with Gasteiger partial charge in [0.1, 0.15) is 13.2 Å². The van der Waals surface area contributed by atoms with Gasteiger partial charge in [-0.2, -0.15) is 0 Å². The van der Waals surface area contributed by atoms with Gasteiger partial charge in [-0.25, -0.2) is 9.59 Å². The van der Waals surface area contributed by atoms with Crippen LogP contribution in [0.5, 0.6) is 0 Å². The van der Waals surface area contributed by atoms with Gasteiger partial charge >= 0.3 is 11.9 Å². The fraction of sp³-hybridized carbons (Fsp3) is 0.148. The van der Waals surface area contributed by atoms with E-state index in [2.05, 4.69) is 0 Å². The van der Waals surface area contributed by atoms with Gasteiger partial charge in [0.05, 0.1) is 24.2 Å². The molecule has 1 heterocycles. The van der Waals surface area contributed by atoms with E-state index in [0.29, 0.717) is 18.7 Å². The summed E-state index contributed by atoms with van der Waals surface area (Å²) in [6.45, 7) is 1.05. The Labute approximate surface area is 192 Å². The number of benzene rings is 3. The van der Waals surface area contributed by atoms with E-state index in [4.69, 9.17) is 9.47 Å². The van der Waals surface area contributed by atoms with Crippen LogP contribution in [0.25, 0.3) is 6.08 Å². The average molecular weight is 441 g/mol. The van der Waals surface area contributed by atoms with Crippen LogP contribution in [0.2, 0.25) is 0 Å². The summed E-state index contributed by atoms with van der Waals surface area (Å²) in [6.07, 6.45) is 3.32. The number of rotatable bonds is 4. The van der Waals surface area contributed by atoms with Crippen molar-refractivity contribution in [3.63, 3.8) is 0 Å². The number of esters is 2. The molecule has 4 rings (SSSR count). The van der Waals surface area contributed by atoms with E-state index in [1.165, 1.54) is 0 Å². The molecular formula is C27H23NO5. The lowest BCUT2D eigenvalue weighted by Crippen LogP contribution is -2.31. The Morgan fingerprint density at radius 1 is 0.758 bits per heavy atom. The molecule has 0 radical (unpaired) electrons. The van der Waals surface area contributed by atoms with Crippen LogP contribution in [0.15, 0.2) is 84.9 Å². The van der Waals surface area contributed by atoms with Crippen molar-refractivity contribution in [3.8, 4) is 0 Å². The second-order valence-electron chi connectivity index (χ2n) is 7.46. The Bertz CT molecular complexity index is 1140. The topological polar surface area (TPSA) is 72.9 Å². The number of anilines is 1. The Morgan fingerprint density at radius 2 is 1.36 bits per heavy atom. The van der Waals surface area contributed by atoms with Crippen molar-refractivity contribution in [2.75, 3.05) is 31.2 Å². The highest BCUT2D eigenvalue weighted by Crippen LogP contribution is 2.19. The monoisotopic (exact) mass is 441 g/mol. The Balaban J connectivity index is 1.50. The molecule has 1 aliphatic rings. The molecule has 0 spiro atoms. The summed E-state index contributed by atoms with van der Waals surface area (Å²) in [5.41, 5.74) is 2.63. The first-order valence-electron chi connectivity index (χ1n) is 10.7. The minimum atomic E-state index is -0.570. The summed E-state index contributed by atoms with van der Waals surface area (Å²) >= 11 is 0. The minimum absolute atomic E-state index is 0.119. The van der Waals surface area contributed by atoms with E-state index < -0.39 is 11.9 Å². The molecule has 0 bridgehead atoms. The molecule has 6 nitrogen and oxygen atoms in total. The van der Waals surface area contributed by atoms with Gasteiger partial charge in [0.2, 0.25) is 0 Å². The number of hydrogen-bond acceptors (Lipinski definition) is 6. The number of allylic oxidation sites excluding steroid dienone is 1. The second-order valence-corrected chi connectivity index (χ2v) is 7.46. The van der Waals surface area contributed by atoms with E-state index in [1.807, 2.05) is 41.3 Å². The molecule has 0 saturated heterocycles. The quantitative estimate of drug-likeness (QED) is 0.339. The van der Waals surface area contributed by atoms with Gasteiger partial charge in [-0.1, -0.05) is 60.7 Å². The van der Waals surface area contributed by atoms with Gasteiger partial charge in [-0.05, 0) is 35.9 Å². The molecule has 166 valence electrons. The second kappa shape index (κ2) is 10.4. The highest BCUT2D eigenvalue weighted by molar-refractivity contribution is 6.07. The van der Waals surface area contributed by atoms with Crippen LogP contribution in [-0.4, -0.2) is 44.0 Å². The lowest BCUT2D eigenvalue weighted by molar-refractivity contribution is 0.0488. The first kappa shape index (κ1) is 22.0. The lowest BCUT2D eigenvalue weighted by Gasteiger charge is -2.24. The summed E-state index contributed by atoms with van der Waals surface area (Å²) in [4.78, 5) is 39.5. The Kier molecular flexibility index (Phi) is 6.95. The van der Waals surface area contributed by atoms with E-state index in [-0.39, 0.29) is 30.1 Å². The molecule has 6 heteroatoms. The number of carbonyl (C=O) groups is 3. The largest absolute Gasteiger partial charge is 0.460 e. The predicted octanol–water partition coefficient (Wildman–Crippen LogP) is 4.42. The lowest BCUT2D eigenvalue weighted by atomic mass is 10.1. The Hall–Kier alpha value is -4.19. The smallest absolute Gasteiger partial charge is 0.339 e. The van der Waals surface area contributed by atoms with Gasteiger partial charge in [0.25, 0.3) is 0 Å². The van der Waals surface area contributed by atoms with Crippen LogP contribution in [0.4, 0.5) is 5.69 Å². The van der Waals surface area contributed by atoms with Gasteiger partial charge in [-0.15, -0.1) is 0 Å². The molecule has 0 N–H and O–H groups in total. The summed E-state index contributed by atoms with van der Waals surface area (Å²) in [7, 11) is 0. The zero-order valence-corrected chi connectivity index (χ0v) is 18.0. The van der Waals surface area contributed by atoms with Crippen LogP contribution in [0.3, 0.4) is 0 Å². The molecule has 33 heavy (non-hydrogen) atoms. The average Bonchev–Trinajstić information content (AvgIpc) is 2.89. The van der Waals surface area contributed by atoms with Crippen molar-refractivity contribution in [2.45, 2.75) is 0 Å². The number of carbonyl (C=O) groups excluding carboxylic acids is 3. The summed E-state index contributed by atoms with van der Waals surface area (Å²) in [5.74, 6) is -1.26. The molecule has 0 aromatic heterocycles. The molecule has 3 aromatic rings. The molecule has 1 aliphatic heterocycles. The highest BCUT2D eigenvalue weighted by Gasteiger charge is 2.21. The zero-order chi connectivity index (χ0) is 23.0. The molecule has 0 saturated carbocycles. The number of ketones is 1. The molecule has 0 fully saturated rings. The third-order valence-corrected chi connectivity index (χ3v) is 5.28. The van der Waals surface area contributed by atoms with Crippen molar-refractivity contribution >= 4 is 29.5 Å². The third kappa shape index (κ3) is 5.54. The van der Waals surface area contributed by atoms with Crippen LogP contribution in [0, 0.1) is 0 Å². The number of cyclic esters (lactones) is 2. The number of fused-ring (bicyclic) bond motifs is 1. The van der Waals surface area contributed by atoms with Crippen LogP contribution in [-0.2, 0) is 9.47 Å². The maximum Gasteiger partial charge on any atom is 0.339 e.